The molecule has 0 fully saturated rings. The zero-order valence-electron chi connectivity index (χ0n) is 58.9. The van der Waals surface area contributed by atoms with Gasteiger partial charge in [-0.15, -0.1) is 11.3 Å². The molecule has 0 saturated carbocycles. The molecule has 18 aromatic carbocycles. The van der Waals surface area contributed by atoms with Crippen molar-refractivity contribution in [2.75, 3.05) is 0 Å². The van der Waals surface area contributed by atoms with Crippen molar-refractivity contribution < 1.29 is 17.7 Å². The molecule has 4 nitrogen and oxygen atoms in total. The van der Waals surface area contributed by atoms with Gasteiger partial charge < -0.3 is 17.7 Å². The van der Waals surface area contributed by atoms with Crippen molar-refractivity contribution in [2.45, 2.75) is 19.3 Å². The first-order valence-electron chi connectivity index (χ1n) is 37.1. The van der Waals surface area contributed by atoms with Gasteiger partial charge in [0.1, 0.15) is 44.7 Å². The van der Waals surface area contributed by atoms with Crippen molar-refractivity contribution in [2.24, 2.45) is 0 Å². The molecular weight excluding hydrogens is 1330 g/mol. The first-order valence-corrected chi connectivity index (χ1v) is 37.9. The molecule has 0 radical (unpaired) electrons. The maximum atomic E-state index is 6.91. The molecule has 0 atom stereocenters. The first-order chi connectivity index (χ1) is 53.3. The Labute approximate surface area is 623 Å². The van der Waals surface area contributed by atoms with E-state index in [4.69, 9.17) is 17.7 Å². The van der Waals surface area contributed by atoms with Gasteiger partial charge in [0.05, 0.1) is 0 Å². The average Bonchev–Trinajstić information content (AvgIpc) is 1.22. The van der Waals surface area contributed by atoms with Gasteiger partial charge in [-0.2, -0.15) is 0 Å². The molecule has 504 valence electrons. The van der Waals surface area contributed by atoms with Crippen LogP contribution in [0.1, 0.15) is 25.0 Å². The second-order valence-electron chi connectivity index (χ2n) is 29.5. The van der Waals surface area contributed by atoms with Gasteiger partial charge in [-0.3, -0.25) is 0 Å². The van der Waals surface area contributed by atoms with Crippen molar-refractivity contribution in [1.29, 1.82) is 0 Å². The highest BCUT2D eigenvalue weighted by atomic mass is 32.1. The lowest BCUT2D eigenvalue weighted by Crippen LogP contribution is -2.14. The summed E-state index contributed by atoms with van der Waals surface area (Å²) in [5, 5.41) is 21.3. The molecule has 0 bridgehead atoms. The van der Waals surface area contributed by atoms with Gasteiger partial charge in [-0.05, 0) is 206 Å². The zero-order valence-corrected chi connectivity index (χ0v) is 59.7. The zero-order chi connectivity index (χ0) is 71.0. The maximum absolute atomic E-state index is 6.91. The lowest BCUT2D eigenvalue weighted by Gasteiger charge is -2.22. The van der Waals surface area contributed by atoms with Crippen LogP contribution in [0.3, 0.4) is 0 Å². The highest BCUT2D eigenvalue weighted by Gasteiger charge is 2.36. The lowest BCUT2D eigenvalue weighted by atomic mass is 9.81. The predicted octanol–water partition coefficient (Wildman–Crippen LogP) is 30.3. The predicted molar refractivity (Wildman–Crippen MR) is 455 cm³/mol. The molecule has 0 aliphatic heterocycles. The third-order valence-electron chi connectivity index (χ3n) is 23.4. The second-order valence-corrected chi connectivity index (χ2v) is 30.6. The Morgan fingerprint density at radius 2 is 0.537 bits per heavy atom. The van der Waals surface area contributed by atoms with Crippen LogP contribution in [0, 0.1) is 0 Å². The van der Waals surface area contributed by atoms with E-state index in [1.165, 1.54) is 124 Å². The fourth-order valence-corrected chi connectivity index (χ4v) is 19.6. The second kappa shape index (κ2) is 23.2. The molecule has 5 heterocycles. The summed E-state index contributed by atoms with van der Waals surface area (Å²) in [7, 11) is 0. The molecule has 0 N–H and O–H groups in total. The minimum absolute atomic E-state index is 0.0939. The number of para-hydroxylation sites is 4. The minimum atomic E-state index is -0.0939. The summed E-state index contributed by atoms with van der Waals surface area (Å²) < 4.78 is 29.2. The van der Waals surface area contributed by atoms with Gasteiger partial charge in [-0.1, -0.05) is 269 Å². The number of rotatable bonds is 6. The molecule has 23 aromatic rings. The number of furan rings is 4. The van der Waals surface area contributed by atoms with Crippen LogP contribution in [-0.2, 0) is 5.41 Å². The van der Waals surface area contributed by atoms with Crippen molar-refractivity contribution in [3.05, 3.63) is 351 Å². The first kappa shape index (κ1) is 60.8. The van der Waals surface area contributed by atoms with E-state index < -0.39 is 0 Å². The summed E-state index contributed by atoms with van der Waals surface area (Å²) in [5.74, 6) is 0. The quantitative estimate of drug-likeness (QED) is 0.156. The summed E-state index contributed by atoms with van der Waals surface area (Å²) >= 11 is 1.85. The number of benzene rings is 18. The molecule has 0 saturated heterocycles. The Morgan fingerprint density at radius 1 is 0.204 bits per heavy atom. The Hall–Kier alpha value is -13.6. The molecule has 0 unspecified atom stereocenters. The Balaban J connectivity index is 0.000000130. The van der Waals surface area contributed by atoms with Crippen molar-refractivity contribution in [1.82, 2.24) is 0 Å². The normalized spacial score (nSPS) is 12.8. The summed E-state index contributed by atoms with van der Waals surface area (Å²) in [6, 6.07) is 123. The van der Waals surface area contributed by atoms with Crippen LogP contribution >= 0.6 is 11.3 Å². The Kier molecular flexibility index (Phi) is 13.1. The van der Waals surface area contributed by atoms with Crippen molar-refractivity contribution in [3.63, 3.8) is 0 Å². The summed E-state index contributed by atoms with van der Waals surface area (Å²) in [6.07, 6.45) is 0. The van der Waals surface area contributed by atoms with Crippen molar-refractivity contribution >= 4 is 162 Å². The van der Waals surface area contributed by atoms with Gasteiger partial charge in [0.15, 0.2) is 0 Å². The van der Waals surface area contributed by atoms with E-state index in [1.807, 2.05) is 35.6 Å². The number of hydrogen-bond donors (Lipinski definition) is 0. The Morgan fingerprint density at radius 3 is 1.03 bits per heavy atom. The number of thiophene rings is 1. The largest absolute Gasteiger partial charge is 0.456 e. The highest BCUT2D eigenvalue weighted by Crippen LogP contribution is 2.55. The van der Waals surface area contributed by atoms with E-state index in [9.17, 15) is 0 Å². The SMILES string of the molecule is CC1(C)c2ccccc2-c2ccc(-c3ccc(-c4c5ccccc5c(-c5ccc6c(c5)oc5ccccc56)c5ccccc45)c4c3oc3ccccc34)cc21.c1ccc2c(c1)oc1cc(-c3c4ccccc4c(-c4ccc(-c5ccc6sc7ccccc7c6c5)c5oc6ccccc6c45)c4ccccc34)ccc12. The summed E-state index contributed by atoms with van der Waals surface area (Å²) in [6.45, 7) is 4.69. The standard InChI is InChI=1S/C53H34O2.C50H28O2S/c1-53(2)44-20-10-7-13-34(44)35-25-23-31(29-45(35)53)33-27-28-43(51-42-19-9-12-22-47(42)55-52(33)51)50-40-17-5-3-15-38(40)49(39-16-4-6-18-41(39)50)32-24-26-37-36-14-8-11-21-46(36)54-48(37)30-32;1-3-15-37-35(13-1)47(30-21-23-33-32-11-5-8-18-42(32)51-44(33)28-30)36-14-2-4-16-38(36)48(37)40-25-24-31(50-49(40)39-17-6-9-19-43(39)52-50)29-22-26-46-41(27-29)34-12-7-10-20-45(34)53-46/h3-30H,1-2H3;1-28H. The van der Waals surface area contributed by atoms with E-state index in [-0.39, 0.29) is 5.41 Å². The Bertz CT molecular complexity index is 7680. The van der Waals surface area contributed by atoms with E-state index in [1.54, 1.807) is 0 Å². The number of hydrogen-bond acceptors (Lipinski definition) is 5. The third-order valence-corrected chi connectivity index (χ3v) is 24.5. The van der Waals surface area contributed by atoms with E-state index in [0.717, 1.165) is 116 Å². The van der Waals surface area contributed by atoms with Gasteiger partial charge >= 0.3 is 0 Å². The lowest BCUT2D eigenvalue weighted by molar-refractivity contribution is 0.660. The molecule has 1 aliphatic rings. The minimum Gasteiger partial charge on any atom is -0.456 e. The molecule has 108 heavy (non-hydrogen) atoms. The van der Waals surface area contributed by atoms with Gasteiger partial charge in [0, 0.05) is 79.8 Å². The molecule has 5 heteroatoms. The average molecular weight is 1400 g/mol. The number of fused-ring (bicyclic) bond motifs is 22. The van der Waals surface area contributed by atoms with E-state index in [0.29, 0.717) is 0 Å². The van der Waals surface area contributed by atoms with Crippen LogP contribution < -0.4 is 0 Å². The van der Waals surface area contributed by atoms with Gasteiger partial charge in [0.25, 0.3) is 0 Å². The topological polar surface area (TPSA) is 52.6 Å². The third kappa shape index (κ3) is 8.91. The fourth-order valence-electron chi connectivity index (χ4n) is 18.5. The fraction of sp³-hybridized carbons (Fsp3) is 0.0291. The van der Waals surface area contributed by atoms with Crippen LogP contribution in [0.25, 0.3) is 229 Å². The van der Waals surface area contributed by atoms with Gasteiger partial charge in [-0.25, -0.2) is 0 Å². The molecular formula is C103H62O4S. The van der Waals surface area contributed by atoms with Crippen LogP contribution in [0.2, 0.25) is 0 Å². The molecule has 24 rings (SSSR count). The maximum Gasteiger partial charge on any atom is 0.143 e. The van der Waals surface area contributed by atoms with Crippen molar-refractivity contribution in [3.8, 4) is 77.9 Å². The summed E-state index contributed by atoms with van der Waals surface area (Å²) in [4.78, 5) is 0. The van der Waals surface area contributed by atoms with Crippen LogP contribution in [0.5, 0.6) is 0 Å². The van der Waals surface area contributed by atoms with Crippen LogP contribution in [0.4, 0.5) is 0 Å². The smallest absolute Gasteiger partial charge is 0.143 e. The van der Waals surface area contributed by atoms with E-state index >= 15 is 0 Å². The van der Waals surface area contributed by atoms with Crippen LogP contribution in [-0.4, -0.2) is 0 Å². The highest BCUT2D eigenvalue weighted by molar-refractivity contribution is 7.25. The summed E-state index contributed by atoms with van der Waals surface area (Å²) in [5.41, 5.74) is 26.5. The molecule has 1 aliphatic carbocycles. The monoisotopic (exact) mass is 1390 g/mol. The molecule has 0 amide bonds. The van der Waals surface area contributed by atoms with Gasteiger partial charge in [0.2, 0.25) is 0 Å². The van der Waals surface area contributed by atoms with Crippen LogP contribution in [0.15, 0.2) is 357 Å². The molecule has 0 spiro atoms. The van der Waals surface area contributed by atoms with E-state index in [2.05, 4.69) is 329 Å². The molecule has 5 aromatic heterocycles.